The number of anilines is 3. The van der Waals surface area contributed by atoms with Crippen LogP contribution in [0.1, 0.15) is 35.5 Å². The molecule has 0 fully saturated rings. The van der Waals surface area contributed by atoms with Gasteiger partial charge in [0.2, 0.25) is 5.91 Å². The van der Waals surface area contributed by atoms with E-state index in [0.29, 0.717) is 27.9 Å². The van der Waals surface area contributed by atoms with Gasteiger partial charge in [0.05, 0.1) is 23.4 Å². The zero-order chi connectivity index (χ0) is 26.4. The molecule has 0 aliphatic rings. The first kappa shape index (κ1) is 26.3. The van der Waals surface area contributed by atoms with Gasteiger partial charge in [-0.3, -0.25) is 9.59 Å². The van der Waals surface area contributed by atoms with E-state index < -0.39 is 0 Å². The summed E-state index contributed by atoms with van der Waals surface area (Å²) in [6.07, 6.45) is 1.59. The van der Waals surface area contributed by atoms with Crippen LogP contribution in [0.15, 0.2) is 89.5 Å². The van der Waals surface area contributed by atoms with Crippen molar-refractivity contribution in [1.29, 1.82) is 0 Å². The Hall–Kier alpha value is -3.74. The van der Waals surface area contributed by atoms with Gasteiger partial charge in [-0.25, -0.2) is 0 Å². The molecule has 3 aromatic carbocycles. The lowest BCUT2D eigenvalue weighted by atomic mass is 10.1. The number of nitrogens with zero attached hydrogens (tertiary/aromatic N) is 2. The highest BCUT2D eigenvalue weighted by molar-refractivity contribution is 6.33. The lowest BCUT2D eigenvalue weighted by Crippen LogP contribution is -2.31. The molecule has 0 saturated heterocycles. The van der Waals surface area contributed by atoms with E-state index in [-0.39, 0.29) is 24.9 Å². The summed E-state index contributed by atoms with van der Waals surface area (Å²) in [6.45, 7) is 4.74. The SMILES string of the molecule is CCN(c1ccc(NC(C)=O)cc1)c1ccc(Cl)cc1CN(Cc1ccco1)C(=O)c1ccccc1Cl. The molecule has 0 aliphatic carbocycles. The summed E-state index contributed by atoms with van der Waals surface area (Å²) >= 11 is 12.8. The maximum Gasteiger partial charge on any atom is 0.256 e. The Morgan fingerprint density at radius 2 is 1.68 bits per heavy atom. The lowest BCUT2D eigenvalue weighted by molar-refractivity contribution is -0.114. The molecule has 0 aliphatic heterocycles. The standard InChI is InChI=1S/C29H27Cl2N3O3/c1-3-34(24-13-11-23(12-14-24)32-20(2)35)28-15-10-22(30)17-21(28)18-33(19-25-7-6-16-37-25)29(36)26-8-4-5-9-27(26)31/h4-17H,3,18-19H2,1-2H3,(H,32,35). The number of benzene rings is 3. The van der Waals surface area contributed by atoms with Gasteiger partial charge in [-0.1, -0.05) is 35.3 Å². The van der Waals surface area contributed by atoms with Crippen LogP contribution in [0.4, 0.5) is 17.1 Å². The van der Waals surface area contributed by atoms with Crippen molar-refractivity contribution in [3.05, 3.63) is 112 Å². The van der Waals surface area contributed by atoms with Crippen LogP contribution in [0.3, 0.4) is 0 Å². The quantitative estimate of drug-likeness (QED) is 0.240. The summed E-state index contributed by atoms with van der Waals surface area (Å²) in [5.41, 5.74) is 3.86. The van der Waals surface area contributed by atoms with E-state index in [4.69, 9.17) is 27.6 Å². The largest absolute Gasteiger partial charge is 0.467 e. The molecule has 8 heteroatoms. The molecular formula is C29H27Cl2N3O3. The van der Waals surface area contributed by atoms with Gasteiger partial charge in [0.15, 0.2) is 0 Å². The number of hydrogen-bond acceptors (Lipinski definition) is 4. The minimum atomic E-state index is -0.212. The average molecular weight is 536 g/mol. The van der Waals surface area contributed by atoms with Gasteiger partial charge in [-0.2, -0.15) is 0 Å². The normalized spacial score (nSPS) is 10.7. The van der Waals surface area contributed by atoms with Crippen molar-refractivity contribution in [3.63, 3.8) is 0 Å². The van der Waals surface area contributed by atoms with Crippen LogP contribution < -0.4 is 10.2 Å². The van der Waals surface area contributed by atoms with Crippen LogP contribution in [-0.4, -0.2) is 23.3 Å². The van der Waals surface area contributed by atoms with Crippen molar-refractivity contribution < 1.29 is 14.0 Å². The number of rotatable bonds is 9. The van der Waals surface area contributed by atoms with Crippen molar-refractivity contribution in [2.45, 2.75) is 26.9 Å². The van der Waals surface area contributed by atoms with E-state index in [0.717, 1.165) is 22.6 Å². The molecular weight excluding hydrogens is 509 g/mol. The highest BCUT2D eigenvalue weighted by Gasteiger charge is 2.23. The third-order valence-corrected chi connectivity index (χ3v) is 6.39. The summed E-state index contributed by atoms with van der Waals surface area (Å²) in [7, 11) is 0. The first-order valence-corrected chi connectivity index (χ1v) is 12.6. The van der Waals surface area contributed by atoms with E-state index >= 15 is 0 Å². The second-order valence-corrected chi connectivity index (χ2v) is 9.31. The summed E-state index contributed by atoms with van der Waals surface area (Å²) in [6, 6.07) is 23.9. The molecule has 4 aromatic rings. The Balaban J connectivity index is 1.70. The van der Waals surface area contributed by atoms with Crippen LogP contribution in [0.2, 0.25) is 10.0 Å². The Morgan fingerprint density at radius 1 is 0.919 bits per heavy atom. The maximum absolute atomic E-state index is 13.6. The molecule has 4 rings (SSSR count). The van der Waals surface area contributed by atoms with E-state index in [1.807, 2.05) is 48.5 Å². The van der Waals surface area contributed by atoms with Crippen molar-refractivity contribution in [3.8, 4) is 0 Å². The average Bonchev–Trinajstić information content (AvgIpc) is 3.39. The molecule has 0 spiro atoms. The van der Waals surface area contributed by atoms with Crippen molar-refractivity contribution in [2.24, 2.45) is 0 Å². The van der Waals surface area contributed by atoms with Crippen LogP contribution in [-0.2, 0) is 17.9 Å². The van der Waals surface area contributed by atoms with Crippen molar-refractivity contribution in [1.82, 2.24) is 4.90 Å². The monoisotopic (exact) mass is 535 g/mol. The van der Waals surface area contributed by atoms with E-state index in [2.05, 4.69) is 17.1 Å². The van der Waals surface area contributed by atoms with Crippen LogP contribution >= 0.6 is 23.2 Å². The molecule has 0 atom stereocenters. The number of nitrogens with one attached hydrogen (secondary N) is 1. The van der Waals surface area contributed by atoms with Crippen molar-refractivity contribution in [2.75, 3.05) is 16.8 Å². The molecule has 37 heavy (non-hydrogen) atoms. The van der Waals surface area contributed by atoms with Gasteiger partial charge >= 0.3 is 0 Å². The first-order valence-electron chi connectivity index (χ1n) is 11.9. The van der Waals surface area contributed by atoms with E-state index in [1.54, 1.807) is 41.5 Å². The van der Waals surface area contributed by atoms with Crippen LogP contribution in [0.25, 0.3) is 0 Å². The third kappa shape index (κ3) is 6.53. The first-order chi connectivity index (χ1) is 17.9. The second-order valence-electron chi connectivity index (χ2n) is 8.47. The van der Waals surface area contributed by atoms with Crippen LogP contribution in [0.5, 0.6) is 0 Å². The maximum atomic E-state index is 13.6. The minimum Gasteiger partial charge on any atom is -0.467 e. The van der Waals surface area contributed by atoms with Gasteiger partial charge in [-0.05, 0) is 79.2 Å². The molecule has 1 aromatic heterocycles. The van der Waals surface area contributed by atoms with E-state index in [9.17, 15) is 9.59 Å². The predicted molar refractivity (Wildman–Crippen MR) is 149 cm³/mol. The summed E-state index contributed by atoms with van der Waals surface area (Å²) < 4.78 is 5.56. The van der Waals surface area contributed by atoms with Gasteiger partial charge in [0.1, 0.15) is 5.76 Å². The number of furan rings is 1. The summed E-state index contributed by atoms with van der Waals surface area (Å²) in [5.74, 6) is 0.320. The highest BCUT2D eigenvalue weighted by Crippen LogP contribution is 2.33. The molecule has 190 valence electrons. The fourth-order valence-electron chi connectivity index (χ4n) is 4.16. The number of carbonyl (C=O) groups is 2. The summed E-state index contributed by atoms with van der Waals surface area (Å²) in [4.78, 5) is 28.9. The smallest absolute Gasteiger partial charge is 0.256 e. The molecule has 6 nitrogen and oxygen atoms in total. The van der Waals surface area contributed by atoms with E-state index in [1.165, 1.54) is 6.92 Å². The molecule has 0 saturated carbocycles. The van der Waals surface area contributed by atoms with Gasteiger partial charge < -0.3 is 19.5 Å². The molecule has 0 radical (unpaired) electrons. The number of halogens is 2. The molecule has 1 heterocycles. The van der Waals surface area contributed by atoms with Gasteiger partial charge in [-0.15, -0.1) is 0 Å². The number of hydrogen-bond donors (Lipinski definition) is 1. The highest BCUT2D eigenvalue weighted by atomic mass is 35.5. The molecule has 0 bridgehead atoms. The third-order valence-electron chi connectivity index (χ3n) is 5.83. The fourth-order valence-corrected chi connectivity index (χ4v) is 4.58. The second kappa shape index (κ2) is 12.0. The van der Waals surface area contributed by atoms with Crippen LogP contribution in [0, 0.1) is 0 Å². The molecule has 2 amide bonds. The molecule has 0 unspecified atom stereocenters. The lowest BCUT2D eigenvalue weighted by Gasteiger charge is -2.29. The Bertz CT molecular complexity index is 1370. The Labute approximate surface area is 226 Å². The zero-order valence-electron chi connectivity index (χ0n) is 20.6. The molecule has 1 N–H and O–H groups in total. The van der Waals surface area contributed by atoms with Crippen molar-refractivity contribution >= 4 is 52.1 Å². The van der Waals surface area contributed by atoms with Gasteiger partial charge in [0.25, 0.3) is 5.91 Å². The zero-order valence-corrected chi connectivity index (χ0v) is 22.1. The number of amides is 2. The fraction of sp³-hybridized carbons (Fsp3) is 0.172. The minimum absolute atomic E-state index is 0.125. The summed E-state index contributed by atoms with van der Waals surface area (Å²) in [5, 5.41) is 3.74. The topological polar surface area (TPSA) is 65.8 Å². The Kier molecular flexibility index (Phi) is 8.54. The van der Waals surface area contributed by atoms with Gasteiger partial charge in [0, 0.05) is 42.1 Å². The predicted octanol–water partition coefficient (Wildman–Crippen LogP) is 7.55. The number of carbonyl (C=O) groups excluding carboxylic acids is 2. The Morgan fingerprint density at radius 3 is 2.32 bits per heavy atom.